The Labute approximate surface area is 130 Å². The van der Waals surface area contributed by atoms with E-state index in [2.05, 4.69) is 28.2 Å². The number of hydrogen-bond acceptors (Lipinski definition) is 2. The third-order valence-electron chi connectivity index (χ3n) is 3.97. The van der Waals surface area contributed by atoms with Gasteiger partial charge in [0.05, 0.1) is 11.2 Å². The molecule has 0 aliphatic heterocycles. The summed E-state index contributed by atoms with van der Waals surface area (Å²) in [6.45, 7) is 2.46. The van der Waals surface area contributed by atoms with Crippen molar-refractivity contribution in [2.24, 2.45) is 5.92 Å². The lowest BCUT2D eigenvalue weighted by atomic mass is 9.79. The number of halogens is 4. The molecule has 1 saturated carbocycles. The van der Waals surface area contributed by atoms with Crippen molar-refractivity contribution >= 4 is 21.6 Å². The van der Waals surface area contributed by atoms with Crippen molar-refractivity contribution in [2.45, 2.75) is 44.4 Å². The molecule has 0 heterocycles. The molecule has 21 heavy (non-hydrogen) atoms. The smallest absolute Gasteiger partial charge is 0.388 e. The predicted octanol–water partition coefficient (Wildman–Crippen LogP) is 4.82. The molecular weight excluding hydrogens is 347 g/mol. The second-order valence-corrected chi connectivity index (χ2v) is 6.83. The number of hydrogen-bond donors (Lipinski definition) is 2. The highest BCUT2D eigenvalue weighted by molar-refractivity contribution is 9.10. The quantitative estimate of drug-likeness (QED) is 0.804. The van der Waals surface area contributed by atoms with Crippen LogP contribution in [0.2, 0.25) is 0 Å². The largest absolute Gasteiger partial charge is 0.416 e. The van der Waals surface area contributed by atoms with Crippen molar-refractivity contribution in [3.63, 3.8) is 0 Å². The first-order valence-corrected chi connectivity index (χ1v) is 7.82. The number of aliphatic hydroxyl groups is 1. The van der Waals surface area contributed by atoms with E-state index in [1.165, 1.54) is 6.07 Å². The van der Waals surface area contributed by atoms with Crippen LogP contribution in [-0.2, 0) is 6.18 Å². The lowest BCUT2D eigenvalue weighted by molar-refractivity contribution is -0.137. The minimum Gasteiger partial charge on any atom is -0.388 e. The summed E-state index contributed by atoms with van der Waals surface area (Å²) in [6.07, 6.45) is -0.807. The highest BCUT2D eigenvalue weighted by atomic mass is 79.9. The topological polar surface area (TPSA) is 32.3 Å². The van der Waals surface area contributed by atoms with Gasteiger partial charge in [0.2, 0.25) is 0 Å². The molecule has 0 radical (unpaired) electrons. The van der Waals surface area contributed by atoms with Gasteiger partial charge < -0.3 is 10.4 Å². The number of rotatable bonds is 3. The molecule has 1 aromatic carbocycles. The molecule has 0 aromatic heterocycles. The van der Waals surface area contributed by atoms with Crippen LogP contribution in [0.1, 0.15) is 38.2 Å². The zero-order valence-corrected chi connectivity index (χ0v) is 13.4. The second-order valence-electron chi connectivity index (χ2n) is 5.97. The summed E-state index contributed by atoms with van der Waals surface area (Å²) in [7, 11) is 0. The Morgan fingerprint density at radius 1 is 1.43 bits per heavy atom. The van der Waals surface area contributed by atoms with Gasteiger partial charge in [0.15, 0.2) is 0 Å². The van der Waals surface area contributed by atoms with Crippen LogP contribution >= 0.6 is 15.9 Å². The minimum absolute atomic E-state index is 0.349. The first-order chi connectivity index (χ1) is 9.70. The van der Waals surface area contributed by atoms with Crippen molar-refractivity contribution in [2.75, 3.05) is 11.9 Å². The van der Waals surface area contributed by atoms with E-state index in [0.717, 1.165) is 37.8 Å². The molecule has 1 aromatic rings. The normalized spacial score (nSPS) is 26.7. The van der Waals surface area contributed by atoms with Crippen LogP contribution in [-0.4, -0.2) is 17.3 Å². The molecule has 2 atom stereocenters. The maximum absolute atomic E-state index is 12.6. The van der Waals surface area contributed by atoms with Crippen LogP contribution in [0.25, 0.3) is 0 Å². The fourth-order valence-electron chi connectivity index (χ4n) is 2.89. The van der Waals surface area contributed by atoms with Gasteiger partial charge in [-0.3, -0.25) is 0 Å². The summed E-state index contributed by atoms with van der Waals surface area (Å²) in [5.41, 5.74) is -0.903. The number of alkyl halides is 3. The summed E-state index contributed by atoms with van der Waals surface area (Å²) in [5, 5.41) is 13.6. The van der Waals surface area contributed by atoms with Crippen LogP contribution < -0.4 is 5.32 Å². The van der Waals surface area contributed by atoms with Crippen LogP contribution in [0, 0.1) is 5.92 Å². The summed E-state index contributed by atoms with van der Waals surface area (Å²) in [6, 6.07) is 3.49. The van der Waals surface area contributed by atoms with E-state index in [1.807, 2.05) is 0 Å². The van der Waals surface area contributed by atoms with E-state index in [9.17, 15) is 18.3 Å². The predicted molar refractivity (Wildman–Crippen MR) is 80.2 cm³/mol. The maximum Gasteiger partial charge on any atom is 0.416 e. The van der Waals surface area contributed by atoms with Crippen molar-refractivity contribution in [1.82, 2.24) is 0 Å². The van der Waals surface area contributed by atoms with E-state index in [4.69, 9.17) is 0 Å². The van der Waals surface area contributed by atoms with Gasteiger partial charge in [0.1, 0.15) is 0 Å². The molecule has 2 nitrogen and oxygen atoms in total. The van der Waals surface area contributed by atoms with E-state index < -0.39 is 17.3 Å². The number of anilines is 1. The molecule has 1 fully saturated rings. The average molecular weight is 366 g/mol. The molecule has 6 heteroatoms. The van der Waals surface area contributed by atoms with Gasteiger partial charge in [0, 0.05) is 16.7 Å². The molecule has 2 N–H and O–H groups in total. The molecule has 118 valence electrons. The number of benzene rings is 1. The second kappa shape index (κ2) is 6.16. The lowest BCUT2D eigenvalue weighted by Gasteiger charge is -2.36. The van der Waals surface area contributed by atoms with Gasteiger partial charge in [-0.2, -0.15) is 13.2 Å². The molecular formula is C15H19BrF3NO. The fraction of sp³-hybridized carbons (Fsp3) is 0.600. The van der Waals surface area contributed by atoms with E-state index in [-0.39, 0.29) is 0 Å². The monoisotopic (exact) mass is 365 g/mol. The van der Waals surface area contributed by atoms with Gasteiger partial charge in [-0.15, -0.1) is 0 Å². The van der Waals surface area contributed by atoms with E-state index in [1.54, 1.807) is 0 Å². The molecule has 1 aliphatic rings. The standard InChI is InChI=1S/C15H19BrF3NO/c1-10-3-2-6-14(21,8-10)9-20-13-5-4-11(7-12(13)16)15(17,18)19/h4-5,7,10,20-21H,2-3,6,8-9H2,1H3. The van der Waals surface area contributed by atoms with Gasteiger partial charge >= 0.3 is 6.18 Å². The maximum atomic E-state index is 12.6. The molecule has 0 amide bonds. The first kappa shape index (κ1) is 16.6. The van der Waals surface area contributed by atoms with E-state index in [0.29, 0.717) is 22.6 Å². The summed E-state index contributed by atoms with van der Waals surface area (Å²) in [5.74, 6) is 0.474. The summed E-state index contributed by atoms with van der Waals surface area (Å²) in [4.78, 5) is 0. The molecule has 2 unspecified atom stereocenters. The Balaban J connectivity index is 2.03. The Morgan fingerprint density at radius 2 is 2.14 bits per heavy atom. The van der Waals surface area contributed by atoms with Gasteiger partial charge in [-0.1, -0.05) is 19.8 Å². The van der Waals surface area contributed by atoms with Gasteiger partial charge in [0.25, 0.3) is 0 Å². The first-order valence-electron chi connectivity index (χ1n) is 7.03. The van der Waals surface area contributed by atoms with Crippen molar-refractivity contribution in [3.05, 3.63) is 28.2 Å². The fourth-order valence-corrected chi connectivity index (χ4v) is 3.41. The van der Waals surface area contributed by atoms with Crippen molar-refractivity contribution in [3.8, 4) is 0 Å². The van der Waals surface area contributed by atoms with Crippen LogP contribution in [0.5, 0.6) is 0 Å². The lowest BCUT2D eigenvalue weighted by Crippen LogP contribution is -2.41. The molecule has 2 rings (SSSR count). The Kier molecular flexibility index (Phi) is 4.88. The van der Waals surface area contributed by atoms with Crippen molar-refractivity contribution in [1.29, 1.82) is 0 Å². The van der Waals surface area contributed by atoms with Crippen LogP contribution in [0.15, 0.2) is 22.7 Å². The van der Waals surface area contributed by atoms with Crippen molar-refractivity contribution < 1.29 is 18.3 Å². The van der Waals surface area contributed by atoms with E-state index >= 15 is 0 Å². The average Bonchev–Trinajstić information content (AvgIpc) is 2.36. The molecule has 0 spiro atoms. The highest BCUT2D eigenvalue weighted by Gasteiger charge is 2.33. The highest BCUT2D eigenvalue weighted by Crippen LogP contribution is 2.35. The SMILES string of the molecule is CC1CCCC(O)(CNc2ccc(C(F)(F)F)cc2Br)C1. The molecule has 1 aliphatic carbocycles. The van der Waals surface area contributed by atoms with Crippen LogP contribution in [0.3, 0.4) is 0 Å². The zero-order valence-electron chi connectivity index (χ0n) is 11.8. The van der Waals surface area contributed by atoms with Crippen LogP contribution in [0.4, 0.5) is 18.9 Å². The Hall–Kier alpha value is -0.750. The zero-order chi connectivity index (χ0) is 15.7. The molecule has 0 bridgehead atoms. The Bertz CT molecular complexity index is 506. The summed E-state index contributed by atoms with van der Waals surface area (Å²) < 4.78 is 38.1. The summed E-state index contributed by atoms with van der Waals surface area (Å²) >= 11 is 3.15. The Morgan fingerprint density at radius 3 is 2.71 bits per heavy atom. The van der Waals surface area contributed by atoms with Gasteiger partial charge in [-0.05, 0) is 52.9 Å². The minimum atomic E-state index is -4.35. The molecule has 0 saturated heterocycles. The third-order valence-corrected chi connectivity index (χ3v) is 4.63. The number of nitrogens with one attached hydrogen (secondary N) is 1. The van der Waals surface area contributed by atoms with Gasteiger partial charge in [-0.25, -0.2) is 0 Å². The third kappa shape index (κ3) is 4.36.